The molecule has 0 saturated heterocycles. The third-order valence-electron chi connectivity index (χ3n) is 3.18. The number of halogens is 2. The smallest absolute Gasteiger partial charge is 0.220 e. The molecule has 3 nitrogen and oxygen atoms in total. The number of aliphatic hydroxyl groups is 1. The molecule has 0 aliphatic rings. The van der Waals surface area contributed by atoms with Crippen molar-refractivity contribution in [3.8, 4) is 0 Å². The van der Waals surface area contributed by atoms with Crippen LogP contribution >= 0.6 is 11.8 Å². The highest BCUT2D eigenvalue weighted by Gasteiger charge is 2.13. The minimum Gasteiger partial charge on any atom is -0.386 e. The van der Waals surface area contributed by atoms with E-state index in [0.717, 1.165) is 0 Å². The average Bonchev–Trinajstić information content (AvgIpc) is 2.55. The number of benzene rings is 2. The van der Waals surface area contributed by atoms with Crippen molar-refractivity contribution in [2.75, 3.05) is 12.3 Å². The quantitative estimate of drug-likeness (QED) is 0.762. The van der Waals surface area contributed by atoms with E-state index in [1.165, 1.54) is 36.0 Å². The number of thioether (sulfide) groups is 1. The number of carbonyl (C=O) groups is 1. The second kappa shape index (κ2) is 8.64. The molecular weight excluding hydrogens is 320 g/mol. The zero-order valence-electron chi connectivity index (χ0n) is 12.3. The van der Waals surface area contributed by atoms with Gasteiger partial charge in [0.25, 0.3) is 0 Å². The number of hydrogen-bond donors (Lipinski definition) is 2. The van der Waals surface area contributed by atoms with Crippen molar-refractivity contribution in [1.29, 1.82) is 0 Å². The van der Waals surface area contributed by atoms with Crippen LogP contribution in [0.5, 0.6) is 0 Å². The molecule has 2 rings (SSSR count). The number of nitrogens with one attached hydrogen (secondary N) is 1. The van der Waals surface area contributed by atoms with Gasteiger partial charge in [0.2, 0.25) is 5.91 Å². The summed E-state index contributed by atoms with van der Waals surface area (Å²) in [6.07, 6.45) is -0.914. The molecule has 0 fully saturated rings. The van der Waals surface area contributed by atoms with E-state index in [-0.39, 0.29) is 30.3 Å². The lowest BCUT2D eigenvalue weighted by Gasteiger charge is -2.13. The summed E-state index contributed by atoms with van der Waals surface area (Å²) in [6.45, 7) is -0.0653. The van der Waals surface area contributed by atoms with Crippen LogP contribution in [0.1, 0.15) is 18.1 Å². The lowest BCUT2D eigenvalue weighted by molar-refractivity contribution is -0.121. The Morgan fingerprint density at radius 1 is 1.09 bits per heavy atom. The Hall–Kier alpha value is -1.92. The van der Waals surface area contributed by atoms with Gasteiger partial charge in [-0.25, -0.2) is 8.78 Å². The van der Waals surface area contributed by atoms with Crippen LogP contribution in [-0.4, -0.2) is 23.3 Å². The lowest BCUT2D eigenvalue weighted by Crippen LogP contribution is -2.28. The number of amides is 1. The predicted octanol–water partition coefficient (Wildman–Crippen LogP) is 3.30. The van der Waals surface area contributed by atoms with Crippen molar-refractivity contribution in [3.05, 3.63) is 65.7 Å². The fourth-order valence-corrected chi connectivity index (χ4v) is 2.86. The predicted molar refractivity (Wildman–Crippen MR) is 86.1 cm³/mol. The van der Waals surface area contributed by atoms with Crippen molar-refractivity contribution in [2.24, 2.45) is 0 Å². The molecule has 0 aliphatic heterocycles. The molecular formula is C17H17F2NO2S. The molecule has 1 amide bonds. The van der Waals surface area contributed by atoms with Gasteiger partial charge in [-0.15, -0.1) is 11.8 Å². The van der Waals surface area contributed by atoms with E-state index in [9.17, 15) is 18.7 Å². The number of hydrogen-bond acceptors (Lipinski definition) is 3. The van der Waals surface area contributed by atoms with Crippen LogP contribution in [0.3, 0.4) is 0 Å². The van der Waals surface area contributed by atoms with Crippen LogP contribution in [0.4, 0.5) is 8.78 Å². The largest absolute Gasteiger partial charge is 0.386 e. The van der Waals surface area contributed by atoms with Crippen molar-refractivity contribution >= 4 is 17.7 Å². The Labute approximate surface area is 137 Å². The van der Waals surface area contributed by atoms with E-state index in [0.29, 0.717) is 10.6 Å². The molecule has 122 valence electrons. The highest BCUT2D eigenvalue weighted by atomic mass is 32.2. The van der Waals surface area contributed by atoms with Crippen LogP contribution in [0, 0.1) is 11.6 Å². The fraction of sp³-hybridized carbons (Fsp3) is 0.235. The van der Waals surface area contributed by atoms with E-state index in [1.54, 1.807) is 24.3 Å². The van der Waals surface area contributed by atoms with Gasteiger partial charge < -0.3 is 10.4 Å². The molecule has 0 radical (unpaired) electrons. The van der Waals surface area contributed by atoms with E-state index in [1.807, 2.05) is 0 Å². The molecule has 1 atom stereocenters. The number of rotatable bonds is 7. The maximum atomic E-state index is 13.5. The molecule has 0 saturated carbocycles. The van der Waals surface area contributed by atoms with Gasteiger partial charge in [0.1, 0.15) is 11.6 Å². The highest BCUT2D eigenvalue weighted by molar-refractivity contribution is 7.99. The fourth-order valence-electron chi connectivity index (χ4n) is 1.97. The van der Waals surface area contributed by atoms with Gasteiger partial charge >= 0.3 is 0 Å². The summed E-state index contributed by atoms with van der Waals surface area (Å²) < 4.78 is 26.9. The Balaban J connectivity index is 1.73. The van der Waals surface area contributed by atoms with E-state index >= 15 is 0 Å². The summed E-state index contributed by atoms with van der Waals surface area (Å²) in [6, 6.07) is 12.2. The number of carbonyl (C=O) groups excluding carboxylic acids is 1. The van der Waals surface area contributed by atoms with Gasteiger partial charge in [-0.3, -0.25) is 4.79 Å². The first-order valence-electron chi connectivity index (χ1n) is 7.14. The second-order valence-electron chi connectivity index (χ2n) is 4.87. The first kappa shape index (κ1) is 17.4. The van der Waals surface area contributed by atoms with Crippen LogP contribution in [-0.2, 0) is 4.79 Å². The summed E-state index contributed by atoms with van der Waals surface area (Å²) in [5.74, 6) is -0.677. The Kier molecular flexibility index (Phi) is 6.55. The molecule has 0 bridgehead atoms. The molecule has 0 heterocycles. The summed E-state index contributed by atoms with van der Waals surface area (Å²) in [7, 11) is 0. The topological polar surface area (TPSA) is 49.3 Å². The summed E-state index contributed by atoms with van der Waals surface area (Å²) in [5, 5.41) is 12.4. The molecule has 0 aromatic heterocycles. The highest BCUT2D eigenvalue weighted by Crippen LogP contribution is 2.21. The average molecular weight is 337 g/mol. The van der Waals surface area contributed by atoms with Crippen molar-refractivity contribution < 1.29 is 18.7 Å². The second-order valence-corrected chi connectivity index (χ2v) is 6.01. The summed E-state index contributed by atoms with van der Waals surface area (Å²) in [5.41, 5.74) is 0.147. The van der Waals surface area contributed by atoms with Crippen molar-refractivity contribution in [2.45, 2.75) is 17.4 Å². The van der Waals surface area contributed by atoms with Gasteiger partial charge in [0, 0.05) is 29.2 Å². The molecule has 2 aromatic carbocycles. The minimum atomic E-state index is -1.10. The van der Waals surface area contributed by atoms with Crippen LogP contribution in [0.2, 0.25) is 0 Å². The van der Waals surface area contributed by atoms with Gasteiger partial charge in [0.05, 0.1) is 6.10 Å². The molecule has 6 heteroatoms. The minimum absolute atomic E-state index is 0.0653. The molecule has 23 heavy (non-hydrogen) atoms. The van der Waals surface area contributed by atoms with E-state index in [4.69, 9.17) is 0 Å². The van der Waals surface area contributed by atoms with Crippen LogP contribution in [0.15, 0.2) is 53.4 Å². The lowest BCUT2D eigenvalue weighted by atomic mass is 10.1. The number of aliphatic hydroxyl groups excluding tert-OH is 1. The van der Waals surface area contributed by atoms with E-state index in [2.05, 4.69) is 5.32 Å². The zero-order valence-corrected chi connectivity index (χ0v) is 13.2. The Bertz CT molecular complexity index is 667. The Morgan fingerprint density at radius 3 is 2.43 bits per heavy atom. The van der Waals surface area contributed by atoms with Gasteiger partial charge in [0.15, 0.2) is 0 Å². The normalized spacial score (nSPS) is 12.0. The van der Waals surface area contributed by atoms with Crippen molar-refractivity contribution in [3.63, 3.8) is 0 Å². The van der Waals surface area contributed by atoms with Gasteiger partial charge in [-0.1, -0.05) is 30.3 Å². The SMILES string of the molecule is O=C(CCSc1ccccc1F)NCC(O)c1ccccc1F. The monoisotopic (exact) mass is 337 g/mol. The van der Waals surface area contributed by atoms with Gasteiger partial charge in [-0.2, -0.15) is 0 Å². The third-order valence-corrected chi connectivity index (χ3v) is 4.23. The first-order chi connectivity index (χ1) is 11.1. The van der Waals surface area contributed by atoms with Crippen molar-refractivity contribution in [1.82, 2.24) is 5.32 Å². The maximum absolute atomic E-state index is 13.5. The van der Waals surface area contributed by atoms with Crippen LogP contribution in [0.25, 0.3) is 0 Å². The molecule has 0 spiro atoms. The summed E-state index contributed by atoms with van der Waals surface area (Å²) in [4.78, 5) is 12.2. The van der Waals surface area contributed by atoms with E-state index < -0.39 is 11.9 Å². The molecule has 2 aromatic rings. The summed E-state index contributed by atoms with van der Waals surface area (Å²) >= 11 is 1.25. The molecule has 2 N–H and O–H groups in total. The zero-order chi connectivity index (χ0) is 16.7. The Morgan fingerprint density at radius 2 is 1.74 bits per heavy atom. The standard InChI is InChI=1S/C17H17F2NO2S/c18-13-6-2-1-5-12(13)15(21)11-20-17(22)9-10-23-16-8-4-3-7-14(16)19/h1-8,15,21H,9-11H2,(H,20,22). The maximum Gasteiger partial charge on any atom is 0.220 e. The molecule has 1 unspecified atom stereocenters. The third kappa shape index (κ3) is 5.33. The molecule has 0 aliphatic carbocycles. The van der Waals surface area contributed by atoms with Crippen LogP contribution < -0.4 is 5.32 Å². The van der Waals surface area contributed by atoms with Gasteiger partial charge in [-0.05, 0) is 18.2 Å². The first-order valence-corrected chi connectivity index (χ1v) is 8.13.